The number of methoxy groups -OCH3 is 1. The molecule has 0 bridgehead atoms. The number of aromatic hydroxyl groups is 1. The van der Waals surface area contributed by atoms with E-state index in [1.165, 1.54) is 6.08 Å². The van der Waals surface area contributed by atoms with Crippen molar-refractivity contribution in [2.45, 2.75) is 6.42 Å². The van der Waals surface area contributed by atoms with E-state index in [1.807, 2.05) is 30.3 Å². The van der Waals surface area contributed by atoms with Crippen molar-refractivity contribution in [2.24, 2.45) is 0 Å². The molecule has 6 heteroatoms. The lowest BCUT2D eigenvalue weighted by Crippen LogP contribution is -2.23. The highest BCUT2D eigenvalue weighted by Gasteiger charge is 2.02. The van der Waals surface area contributed by atoms with Crippen LogP contribution in [0.5, 0.6) is 11.5 Å². The van der Waals surface area contributed by atoms with Crippen molar-refractivity contribution in [1.82, 2.24) is 5.32 Å². The van der Waals surface area contributed by atoms with Gasteiger partial charge in [-0.15, -0.1) is 0 Å². The topological polar surface area (TPSA) is 58.6 Å². The van der Waals surface area contributed by atoms with Crippen LogP contribution >= 0.6 is 31.9 Å². The Hall–Kier alpha value is -1.79. The number of hydrogen-bond donors (Lipinski definition) is 2. The van der Waals surface area contributed by atoms with E-state index in [2.05, 4.69) is 37.2 Å². The van der Waals surface area contributed by atoms with Gasteiger partial charge >= 0.3 is 0 Å². The van der Waals surface area contributed by atoms with Crippen LogP contribution < -0.4 is 10.1 Å². The smallest absolute Gasteiger partial charge is 0.244 e. The molecule has 4 nitrogen and oxygen atoms in total. The zero-order valence-corrected chi connectivity index (χ0v) is 16.2. The van der Waals surface area contributed by atoms with E-state index in [1.54, 1.807) is 19.3 Å². The van der Waals surface area contributed by atoms with Crippen molar-refractivity contribution in [3.63, 3.8) is 0 Å². The average Bonchev–Trinajstić information content (AvgIpc) is 2.56. The Labute approximate surface area is 157 Å². The molecule has 0 radical (unpaired) electrons. The number of phenols is 1. The van der Waals surface area contributed by atoms with Crippen molar-refractivity contribution in [1.29, 1.82) is 0 Å². The Balaban J connectivity index is 1.84. The lowest BCUT2D eigenvalue weighted by molar-refractivity contribution is -0.116. The molecule has 0 unspecified atom stereocenters. The van der Waals surface area contributed by atoms with Gasteiger partial charge in [0.1, 0.15) is 11.5 Å². The first kappa shape index (κ1) is 18.5. The summed E-state index contributed by atoms with van der Waals surface area (Å²) in [6.07, 6.45) is 3.93. The fourth-order valence-corrected chi connectivity index (χ4v) is 3.04. The number of hydrogen-bond acceptors (Lipinski definition) is 3. The fraction of sp³-hybridized carbons (Fsp3) is 0.167. The maximum absolute atomic E-state index is 11.9. The van der Waals surface area contributed by atoms with Gasteiger partial charge in [-0.2, -0.15) is 0 Å². The van der Waals surface area contributed by atoms with Crippen LogP contribution in [0.15, 0.2) is 51.4 Å². The molecular formula is C18H17Br2NO3. The van der Waals surface area contributed by atoms with Gasteiger partial charge in [0.15, 0.2) is 0 Å². The number of carbonyl (C=O) groups is 1. The molecule has 0 aliphatic carbocycles. The van der Waals surface area contributed by atoms with Crippen LogP contribution in [0.2, 0.25) is 0 Å². The number of carbonyl (C=O) groups excluding carboxylic acids is 1. The van der Waals surface area contributed by atoms with Gasteiger partial charge in [-0.25, -0.2) is 0 Å². The Morgan fingerprint density at radius 2 is 2.00 bits per heavy atom. The lowest BCUT2D eigenvalue weighted by atomic mass is 10.1. The third-order valence-electron chi connectivity index (χ3n) is 3.33. The van der Waals surface area contributed by atoms with E-state index in [0.29, 0.717) is 17.4 Å². The molecule has 0 aliphatic rings. The van der Waals surface area contributed by atoms with Gasteiger partial charge in [0.25, 0.3) is 0 Å². The summed E-state index contributed by atoms with van der Waals surface area (Å²) in [4.78, 5) is 11.9. The summed E-state index contributed by atoms with van der Waals surface area (Å²) >= 11 is 6.68. The highest BCUT2D eigenvalue weighted by atomic mass is 79.9. The quantitative estimate of drug-likeness (QED) is 0.639. The molecule has 2 rings (SSSR count). The van der Waals surface area contributed by atoms with Crippen LogP contribution in [0.1, 0.15) is 11.1 Å². The molecule has 126 valence electrons. The fourth-order valence-electron chi connectivity index (χ4n) is 2.05. The van der Waals surface area contributed by atoms with Crippen LogP contribution in [0.4, 0.5) is 0 Å². The molecule has 2 aromatic rings. The molecule has 1 amide bonds. The second kappa shape index (κ2) is 8.89. The van der Waals surface area contributed by atoms with E-state index in [0.717, 1.165) is 21.3 Å². The Bertz CT molecular complexity index is 760. The summed E-state index contributed by atoms with van der Waals surface area (Å²) in [5.41, 5.74) is 1.93. The van der Waals surface area contributed by atoms with Crippen LogP contribution in [0.3, 0.4) is 0 Å². The summed E-state index contributed by atoms with van der Waals surface area (Å²) in [7, 11) is 1.61. The number of phenolic OH excluding ortho intramolecular Hbond substituents is 1. The van der Waals surface area contributed by atoms with Crippen molar-refractivity contribution in [3.8, 4) is 11.5 Å². The second-order valence-corrected chi connectivity index (χ2v) is 6.76. The molecule has 0 saturated carbocycles. The predicted molar refractivity (Wildman–Crippen MR) is 102 cm³/mol. The zero-order valence-electron chi connectivity index (χ0n) is 13.1. The van der Waals surface area contributed by atoms with Gasteiger partial charge in [0.2, 0.25) is 5.91 Å². The summed E-state index contributed by atoms with van der Waals surface area (Å²) in [5, 5.41) is 12.3. The van der Waals surface area contributed by atoms with Crippen LogP contribution in [-0.4, -0.2) is 24.7 Å². The Morgan fingerprint density at radius 3 is 2.67 bits per heavy atom. The van der Waals surface area contributed by atoms with E-state index in [-0.39, 0.29) is 11.7 Å². The molecule has 0 spiro atoms. The molecule has 24 heavy (non-hydrogen) atoms. The van der Waals surface area contributed by atoms with Crippen LogP contribution in [0.25, 0.3) is 6.08 Å². The molecule has 0 fully saturated rings. The second-order valence-electron chi connectivity index (χ2n) is 5.05. The summed E-state index contributed by atoms with van der Waals surface area (Å²) in [5.74, 6) is 0.799. The van der Waals surface area contributed by atoms with Gasteiger partial charge in [0.05, 0.1) is 16.1 Å². The predicted octanol–water partition coefficient (Wildman–Crippen LogP) is 4.30. The molecule has 0 aliphatic heterocycles. The number of rotatable bonds is 6. The molecule has 0 aromatic heterocycles. The summed E-state index contributed by atoms with van der Waals surface area (Å²) in [6.45, 7) is 0.521. The summed E-state index contributed by atoms with van der Waals surface area (Å²) < 4.78 is 6.65. The van der Waals surface area contributed by atoms with Gasteiger partial charge < -0.3 is 15.2 Å². The number of halogens is 2. The highest BCUT2D eigenvalue weighted by Crippen LogP contribution is 2.26. The number of nitrogens with one attached hydrogen (secondary N) is 1. The first-order chi connectivity index (χ1) is 11.5. The van der Waals surface area contributed by atoms with Crippen molar-refractivity contribution in [2.75, 3.05) is 13.7 Å². The van der Waals surface area contributed by atoms with Crippen LogP contribution in [0, 0.1) is 0 Å². The Kier molecular flexibility index (Phi) is 6.87. The number of amides is 1. The Morgan fingerprint density at radius 1 is 1.21 bits per heavy atom. The molecule has 2 N–H and O–H groups in total. The van der Waals surface area contributed by atoms with Gasteiger partial charge in [-0.1, -0.05) is 12.1 Å². The van der Waals surface area contributed by atoms with E-state index in [4.69, 9.17) is 4.74 Å². The van der Waals surface area contributed by atoms with Gasteiger partial charge in [-0.3, -0.25) is 4.79 Å². The van der Waals surface area contributed by atoms with Crippen molar-refractivity contribution in [3.05, 3.63) is 62.5 Å². The molecule has 0 heterocycles. The first-order valence-corrected chi connectivity index (χ1v) is 8.85. The minimum absolute atomic E-state index is 0.153. The first-order valence-electron chi connectivity index (χ1n) is 7.26. The van der Waals surface area contributed by atoms with Gasteiger partial charge in [-0.05, 0) is 79.7 Å². The van der Waals surface area contributed by atoms with Crippen molar-refractivity contribution < 1.29 is 14.6 Å². The minimum atomic E-state index is -0.153. The number of ether oxygens (including phenoxy) is 1. The molecular weight excluding hydrogens is 438 g/mol. The highest BCUT2D eigenvalue weighted by molar-refractivity contribution is 9.10. The molecule has 0 atom stereocenters. The van der Waals surface area contributed by atoms with E-state index in [9.17, 15) is 9.90 Å². The standard InChI is InChI=1S/C18H17Br2NO3/c1-24-17-6-3-12(11-15(17)20)4-7-18(23)21-9-8-13-2-5-16(22)14(19)10-13/h2-7,10-11,22H,8-9H2,1H3,(H,21,23)/b7-4+. The zero-order chi connectivity index (χ0) is 17.5. The van der Waals surface area contributed by atoms with Crippen LogP contribution in [-0.2, 0) is 11.2 Å². The SMILES string of the molecule is COc1ccc(/C=C/C(=O)NCCc2ccc(O)c(Br)c2)cc1Br. The van der Waals surface area contributed by atoms with Gasteiger partial charge in [0, 0.05) is 12.6 Å². The number of benzene rings is 2. The van der Waals surface area contributed by atoms with E-state index >= 15 is 0 Å². The normalized spacial score (nSPS) is 10.8. The molecule has 2 aromatic carbocycles. The monoisotopic (exact) mass is 453 g/mol. The van der Waals surface area contributed by atoms with Crippen molar-refractivity contribution >= 4 is 43.8 Å². The average molecular weight is 455 g/mol. The third kappa shape index (κ3) is 5.39. The third-order valence-corrected chi connectivity index (χ3v) is 4.58. The molecule has 0 saturated heterocycles. The maximum Gasteiger partial charge on any atom is 0.244 e. The minimum Gasteiger partial charge on any atom is -0.507 e. The maximum atomic E-state index is 11.9. The van der Waals surface area contributed by atoms with E-state index < -0.39 is 0 Å². The lowest BCUT2D eigenvalue weighted by Gasteiger charge is -2.05. The summed E-state index contributed by atoms with van der Waals surface area (Å²) in [6, 6.07) is 10.9. The largest absolute Gasteiger partial charge is 0.507 e.